The highest BCUT2D eigenvalue weighted by Gasteiger charge is 2.20. The lowest BCUT2D eigenvalue weighted by atomic mass is 10.2. The Hall–Kier alpha value is -2.96. The van der Waals surface area contributed by atoms with E-state index in [1.165, 1.54) is 12.1 Å². The van der Waals surface area contributed by atoms with E-state index in [-0.39, 0.29) is 24.1 Å². The number of hydrogen-bond donors (Lipinski definition) is 1. The number of aromatic nitrogens is 3. The summed E-state index contributed by atoms with van der Waals surface area (Å²) in [5, 5.41) is 17.0. The van der Waals surface area contributed by atoms with E-state index >= 15 is 0 Å². The van der Waals surface area contributed by atoms with Gasteiger partial charge in [0.2, 0.25) is 5.89 Å². The first kappa shape index (κ1) is 15.0. The zero-order chi connectivity index (χ0) is 16.6. The fourth-order valence-corrected chi connectivity index (χ4v) is 2.50. The van der Waals surface area contributed by atoms with Crippen LogP contribution < -0.4 is 0 Å². The van der Waals surface area contributed by atoms with Crippen molar-refractivity contribution in [2.45, 2.75) is 20.4 Å². The van der Waals surface area contributed by atoms with Gasteiger partial charge in [0.1, 0.15) is 18.1 Å². The summed E-state index contributed by atoms with van der Waals surface area (Å²) in [5.74, 6) is -0.824. The van der Waals surface area contributed by atoms with Crippen LogP contribution in [0.4, 0.5) is 4.39 Å². The van der Waals surface area contributed by atoms with E-state index in [4.69, 9.17) is 9.52 Å². The van der Waals surface area contributed by atoms with Crippen molar-refractivity contribution in [3.63, 3.8) is 0 Å². The maximum Gasteiger partial charge on any atom is 0.323 e. The van der Waals surface area contributed by atoms with Crippen LogP contribution in [0.1, 0.15) is 11.3 Å². The third-order valence-corrected chi connectivity index (χ3v) is 3.51. The Morgan fingerprint density at radius 3 is 2.52 bits per heavy atom. The maximum atomic E-state index is 13.0. The molecule has 6 nitrogen and oxygen atoms in total. The summed E-state index contributed by atoms with van der Waals surface area (Å²) in [4.78, 5) is 11.0. The van der Waals surface area contributed by atoms with Gasteiger partial charge in [0.05, 0.1) is 0 Å². The quantitative estimate of drug-likeness (QED) is 0.800. The summed E-state index contributed by atoms with van der Waals surface area (Å²) >= 11 is 0. The third-order valence-electron chi connectivity index (χ3n) is 3.51. The summed E-state index contributed by atoms with van der Waals surface area (Å²) in [5.41, 5.74) is 2.81. The van der Waals surface area contributed by atoms with Gasteiger partial charge in [0, 0.05) is 11.3 Å². The molecule has 3 aromatic rings. The molecule has 23 heavy (non-hydrogen) atoms. The highest BCUT2D eigenvalue weighted by Crippen LogP contribution is 2.28. The Bertz CT molecular complexity index is 865. The lowest BCUT2D eigenvalue weighted by Gasteiger charge is -2.06. The third kappa shape index (κ3) is 2.85. The van der Waals surface area contributed by atoms with Crippen LogP contribution in [-0.4, -0.2) is 25.8 Å². The summed E-state index contributed by atoms with van der Waals surface area (Å²) in [6, 6.07) is 7.56. The van der Waals surface area contributed by atoms with Gasteiger partial charge in [-0.25, -0.2) is 4.39 Å². The summed E-state index contributed by atoms with van der Waals surface area (Å²) in [6.45, 7) is 3.47. The fraction of sp³-hybridized carbons (Fsp3) is 0.188. The molecule has 0 radical (unpaired) electrons. The van der Waals surface area contributed by atoms with E-state index in [1.807, 2.05) is 19.9 Å². The highest BCUT2D eigenvalue weighted by atomic mass is 19.1. The van der Waals surface area contributed by atoms with E-state index in [9.17, 15) is 9.18 Å². The maximum absolute atomic E-state index is 13.0. The largest absolute Gasteiger partial charge is 0.480 e. The molecule has 0 spiro atoms. The van der Waals surface area contributed by atoms with Gasteiger partial charge in [-0.2, -0.15) is 0 Å². The smallest absolute Gasteiger partial charge is 0.323 e. The molecule has 0 saturated carbocycles. The molecular formula is C16H14FN3O3. The zero-order valence-electron chi connectivity index (χ0n) is 12.6. The molecule has 0 atom stereocenters. The van der Waals surface area contributed by atoms with Crippen LogP contribution in [0.15, 0.2) is 34.7 Å². The van der Waals surface area contributed by atoms with Crippen molar-refractivity contribution in [3.05, 3.63) is 47.4 Å². The average molecular weight is 315 g/mol. The number of carbonyl (C=O) groups is 1. The van der Waals surface area contributed by atoms with Gasteiger partial charge >= 0.3 is 5.97 Å². The molecule has 118 valence electrons. The molecule has 3 rings (SSSR count). The van der Waals surface area contributed by atoms with Gasteiger partial charge in [0.15, 0.2) is 0 Å². The van der Waals surface area contributed by atoms with E-state index in [1.54, 1.807) is 16.7 Å². The number of hydrogen-bond acceptors (Lipinski definition) is 4. The first-order valence-electron chi connectivity index (χ1n) is 6.94. The number of nitrogens with zero attached hydrogens (tertiary/aromatic N) is 3. The second-order valence-corrected chi connectivity index (χ2v) is 5.22. The van der Waals surface area contributed by atoms with Crippen LogP contribution >= 0.6 is 0 Å². The van der Waals surface area contributed by atoms with Crippen LogP contribution in [0.3, 0.4) is 0 Å². The predicted octanol–water partition coefficient (Wildman–Crippen LogP) is 3.05. The Morgan fingerprint density at radius 1 is 1.22 bits per heavy atom. The van der Waals surface area contributed by atoms with Crippen LogP contribution in [0, 0.1) is 19.7 Å². The van der Waals surface area contributed by atoms with Gasteiger partial charge in [-0.15, -0.1) is 10.2 Å². The molecule has 2 aromatic heterocycles. The number of halogens is 1. The molecule has 0 saturated heterocycles. The van der Waals surface area contributed by atoms with Crippen molar-refractivity contribution in [1.29, 1.82) is 0 Å². The van der Waals surface area contributed by atoms with E-state index in [0.717, 1.165) is 11.3 Å². The number of carboxylic acids is 1. The van der Waals surface area contributed by atoms with Crippen LogP contribution in [0.25, 0.3) is 23.0 Å². The number of carboxylic acid groups (broad SMARTS) is 1. The standard InChI is InChI=1S/C16H14FN3O3/c1-9-7-10(2)20(8-13(21)22)14(9)16-19-18-15(23-16)11-3-5-12(17)6-4-11/h3-7H,8H2,1-2H3,(H,21,22). The molecule has 0 fully saturated rings. The Balaban J connectivity index is 2.03. The van der Waals surface area contributed by atoms with Crippen LogP contribution in [0.2, 0.25) is 0 Å². The molecule has 7 heteroatoms. The van der Waals surface area contributed by atoms with Crippen LogP contribution in [0.5, 0.6) is 0 Å². The van der Waals surface area contributed by atoms with Gasteiger partial charge in [-0.1, -0.05) is 0 Å². The Morgan fingerprint density at radius 2 is 1.87 bits per heavy atom. The molecular weight excluding hydrogens is 301 g/mol. The highest BCUT2D eigenvalue weighted by molar-refractivity contribution is 5.69. The van der Waals surface area contributed by atoms with Crippen molar-refractivity contribution in [2.75, 3.05) is 0 Å². The zero-order valence-corrected chi connectivity index (χ0v) is 12.6. The Kier molecular flexibility index (Phi) is 3.69. The molecule has 2 heterocycles. The minimum absolute atomic E-state index is 0.191. The van der Waals surface area contributed by atoms with Gasteiger partial charge in [-0.05, 0) is 49.7 Å². The lowest BCUT2D eigenvalue weighted by Crippen LogP contribution is -2.11. The molecule has 1 N–H and O–H groups in total. The van der Waals surface area contributed by atoms with Gasteiger partial charge < -0.3 is 14.1 Å². The lowest BCUT2D eigenvalue weighted by molar-refractivity contribution is -0.137. The number of aryl methyl sites for hydroxylation is 2. The minimum atomic E-state index is -0.955. The molecule has 0 aliphatic carbocycles. The van der Waals surface area contributed by atoms with Gasteiger partial charge in [-0.3, -0.25) is 4.79 Å². The van der Waals surface area contributed by atoms with Crippen molar-refractivity contribution in [2.24, 2.45) is 0 Å². The number of rotatable bonds is 4. The summed E-state index contributed by atoms with van der Waals surface area (Å²) < 4.78 is 20.2. The first-order chi connectivity index (χ1) is 11.0. The van der Waals surface area contributed by atoms with E-state index in [0.29, 0.717) is 11.3 Å². The van der Waals surface area contributed by atoms with Gasteiger partial charge in [0.25, 0.3) is 5.89 Å². The molecule has 1 aromatic carbocycles. The summed E-state index contributed by atoms with van der Waals surface area (Å²) in [6.07, 6.45) is 0. The van der Waals surface area contributed by atoms with E-state index in [2.05, 4.69) is 10.2 Å². The SMILES string of the molecule is Cc1cc(C)n(CC(=O)O)c1-c1nnc(-c2ccc(F)cc2)o1. The monoisotopic (exact) mass is 315 g/mol. The van der Waals surface area contributed by atoms with Crippen LogP contribution in [-0.2, 0) is 11.3 Å². The van der Waals surface area contributed by atoms with Crippen molar-refractivity contribution >= 4 is 5.97 Å². The summed E-state index contributed by atoms with van der Waals surface area (Å²) in [7, 11) is 0. The predicted molar refractivity (Wildman–Crippen MR) is 80.2 cm³/mol. The van der Waals surface area contributed by atoms with Crippen molar-refractivity contribution < 1.29 is 18.7 Å². The van der Waals surface area contributed by atoms with Crippen molar-refractivity contribution in [3.8, 4) is 23.0 Å². The topological polar surface area (TPSA) is 81.2 Å². The van der Waals surface area contributed by atoms with E-state index < -0.39 is 5.97 Å². The molecule has 0 unspecified atom stereocenters. The number of benzene rings is 1. The normalized spacial score (nSPS) is 10.9. The van der Waals surface area contributed by atoms with Crippen molar-refractivity contribution in [1.82, 2.24) is 14.8 Å². The fourth-order valence-electron chi connectivity index (χ4n) is 2.50. The second-order valence-electron chi connectivity index (χ2n) is 5.22. The minimum Gasteiger partial charge on any atom is -0.480 e. The Labute approximate surface area is 131 Å². The first-order valence-corrected chi connectivity index (χ1v) is 6.94. The molecule has 0 aliphatic heterocycles. The average Bonchev–Trinajstić information content (AvgIpc) is 3.05. The molecule has 0 amide bonds. The molecule has 0 aliphatic rings. The second kappa shape index (κ2) is 5.68. The number of aliphatic carboxylic acids is 1. The molecule has 0 bridgehead atoms.